The molecule has 5 rings (SSSR count). The predicted octanol–water partition coefficient (Wildman–Crippen LogP) is 4.09. The summed E-state index contributed by atoms with van der Waals surface area (Å²) in [4.78, 5) is 9.53. The van der Waals surface area contributed by atoms with E-state index < -0.39 is 0 Å². The smallest absolute Gasteiger partial charge is 0.213 e. The van der Waals surface area contributed by atoms with Crippen LogP contribution in [0.15, 0.2) is 47.1 Å². The van der Waals surface area contributed by atoms with Gasteiger partial charge in [0.15, 0.2) is 11.4 Å². The lowest BCUT2D eigenvalue weighted by molar-refractivity contribution is 0.0717. The van der Waals surface area contributed by atoms with Crippen molar-refractivity contribution in [3.05, 3.63) is 48.2 Å². The van der Waals surface area contributed by atoms with E-state index in [0.717, 1.165) is 62.0 Å². The summed E-state index contributed by atoms with van der Waals surface area (Å²) in [6.07, 6.45) is 4.28. The lowest BCUT2D eigenvalue weighted by Gasteiger charge is -2.46. The van der Waals surface area contributed by atoms with Crippen LogP contribution < -0.4 is 15.0 Å². The molecule has 1 N–H and O–H groups in total. The van der Waals surface area contributed by atoms with Crippen LogP contribution in [0, 0.1) is 5.92 Å². The number of pyridine rings is 1. The molecule has 0 spiro atoms. The molecule has 4 heterocycles. The highest BCUT2D eigenvalue weighted by Crippen LogP contribution is 2.31. The summed E-state index contributed by atoms with van der Waals surface area (Å²) in [5, 5.41) is 8.97. The van der Waals surface area contributed by atoms with Crippen LogP contribution in [0.2, 0.25) is 0 Å². The molecule has 1 aromatic carbocycles. The number of aromatic nitrogens is 2. The van der Waals surface area contributed by atoms with Gasteiger partial charge >= 0.3 is 0 Å². The van der Waals surface area contributed by atoms with Crippen LogP contribution in [-0.4, -0.2) is 59.4 Å². The van der Waals surface area contributed by atoms with Gasteiger partial charge in [0.2, 0.25) is 5.88 Å². The minimum atomic E-state index is 0.0995. The normalized spacial score (nSPS) is 21.8. The first-order valence-corrected chi connectivity index (χ1v) is 12.1. The van der Waals surface area contributed by atoms with Gasteiger partial charge in [0.05, 0.1) is 12.0 Å². The Bertz CT molecular complexity index is 1060. The Morgan fingerprint density at radius 3 is 2.79 bits per heavy atom. The number of piperazine rings is 1. The van der Waals surface area contributed by atoms with Gasteiger partial charge in [-0.25, -0.2) is 4.98 Å². The number of fused-ring (bicyclic) bond motifs is 2. The summed E-state index contributed by atoms with van der Waals surface area (Å²) in [5.41, 5.74) is 2.14. The summed E-state index contributed by atoms with van der Waals surface area (Å²) >= 11 is 0. The first kappa shape index (κ1) is 22.2. The van der Waals surface area contributed by atoms with Gasteiger partial charge in [0.25, 0.3) is 0 Å². The van der Waals surface area contributed by atoms with Crippen molar-refractivity contribution in [2.45, 2.75) is 51.7 Å². The van der Waals surface area contributed by atoms with E-state index in [9.17, 15) is 0 Å². The van der Waals surface area contributed by atoms with Crippen molar-refractivity contribution in [2.75, 3.05) is 37.7 Å². The van der Waals surface area contributed by atoms with Gasteiger partial charge in [-0.15, -0.1) is 0 Å². The molecule has 2 saturated heterocycles. The third kappa shape index (κ3) is 5.31. The number of anilines is 1. The second kappa shape index (κ2) is 9.31. The summed E-state index contributed by atoms with van der Waals surface area (Å²) in [6, 6.07) is 12.8. The number of ether oxygens (including phenoxy) is 1. The van der Waals surface area contributed by atoms with Crippen LogP contribution in [0.4, 0.5) is 5.82 Å². The van der Waals surface area contributed by atoms with Crippen LogP contribution in [0.3, 0.4) is 0 Å². The van der Waals surface area contributed by atoms with E-state index in [1.54, 1.807) is 0 Å². The van der Waals surface area contributed by atoms with Crippen molar-refractivity contribution in [1.29, 1.82) is 0 Å². The summed E-state index contributed by atoms with van der Waals surface area (Å²) in [5.74, 6) is 2.26. The number of piperidine rings is 1. The van der Waals surface area contributed by atoms with Gasteiger partial charge in [0, 0.05) is 62.5 Å². The number of rotatable bonds is 6. The topological polar surface area (TPSA) is 66.7 Å². The maximum absolute atomic E-state index is 6.06. The van der Waals surface area contributed by atoms with E-state index in [2.05, 4.69) is 64.2 Å². The lowest BCUT2D eigenvalue weighted by atomic mass is 9.91. The average Bonchev–Trinajstić information content (AvgIpc) is 3.25. The number of benzene rings is 1. The fourth-order valence-electron chi connectivity index (χ4n) is 4.86. The van der Waals surface area contributed by atoms with E-state index in [1.807, 2.05) is 24.4 Å². The number of hydrogen-bond donors (Lipinski definition) is 1. The van der Waals surface area contributed by atoms with Crippen LogP contribution in [-0.2, 0) is 6.54 Å². The van der Waals surface area contributed by atoms with Gasteiger partial charge < -0.3 is 19.5 Å². The van der Waals surface area contributed by atoms with Crippen molar-refractivity contribution in [2.24, 2.45) is 5.92 Å². The van der Waals surface area contributed by atoms with Crippen molar-refractivity contribution < 1.29 is 9.26 Å². The molecule has 2 aliphatic heterocycles. The minimum Gasteiger partial charge on any atom is -0.477 e. The number of nitrogens with one attached hydrogen (secondary N) is 1. The molecule has 2 atom stereocenters. The quantitative estimate of drug-likeness (QED) is 0.608. The van der Waals surface area contributed by atoms with E-state index in [1.165, 1.54) is 18.4 Å². The molecule has 0 radical (unpaired) electrons. The number of para-hydroxylation sites is 1. The summed E-state index contributed by atoms with van der Waals surface area (Å²) < 4.78 is 11.6. The Labute approximate surface area is 196 Å². The van der Waals surface area contributed by atoms with Gasteiger partial charge in [-0.1, -0.05) is 23.4 Å². The first-order valence-electron chi connectivity index (χ1n) is 12.1. The lowest BCUT2D eigenvalue weighted by Crippen LogP contribution is -2.57. The molecule has 0 unspecified atom stereocenters. The standard InChI is InChI=1S/C26H35N5O2/c1-26(2,3)28-15-19-9-11-24(27-14-19)32-18-20-8-10-21-17-31(13-12-30(21)16-20)25-22-6-4-5-7-23(22)33-29-25/h4-7,9,11,14,20-21,28H,8,10,12-13,15-18H2,1-3H3/t20-,21-/m0/s1. The van der Waals surface area contributed by atoms with Gasteiger partial charge in [0.1, 0.15) is 0 Å². The maximum Gasteiger partial charge on any atom is 0.213 e. The molecule has 0 saturated carbocycles. The minimum absolute atomic E-state index is 0.0995. The van der Waals surface area contributed by atoms with Crippen molar-refractivity contribution >= 4 is 16.8 Å². The molecular formula is C26H35N5O2. The molecule has 7 nitrogen and oxygen atoms in total. The zero-order valence-corrected chi connectivity index (χ0v) is 20.0. The molecule has 33 heavy (non-hydrogen) atoms. The van der Waals surface area contributed by atoms with Crippen molar-refractivity contribution in [3.63, 3.8) is 0 Å². The second-order valence-corrected chi connectivity index (χ2v) is 10.5. The van der Waals surface area contributed by atoms with Crippen LogP contribution >= 0.6 is 0 Å². The second-order valence-electron chi connectivity index (χ2n) is 10.5. The highest BCUT2D eigenvalue weighted by Gasteiger charge is 2.34. The van der Waals surface area contributed by atoms with Crippen LogP contribution in [0.5, 0.6) is 5.88 Å². The third-order valence-corrected chi connectivity index (χ3v) is 6.75. The average molecular weight is 450 g/mol. The monoisotopic (exact) mass is 449 g/mol. The van der Waals surface area contributed by atoms with E-state index >= 15 is 0 Å². The molecular weight excluding hydrogens is 414 g/mol. The molecule has 2 aliphatic rings. The number of nitrogens with zero attached hydrogens (tertiary/aromatic N) is 4. The van der Waals surface area contributed by atoms with E-state index in [4.69, 9.17) is 9.26 Å². The summed E-state index contributed by atoms with van der Waals surface area (Å²) in [6.45, 7) is 12.2. The predicted molar refractivity (Wildman–Crippen MR) is 131 cm³/mol. The first-order chi connectivity index (χ1) is 15.9. The Kier molecular flexibility index (Phi) is 6.25. The maximum atomic E-state index is 6.06. The van der Waals surface area contributed by atoms with Crippen molar-refractivity contribution in [3.8, 4) is 5.88 Å². The number of hydrogen-bond acceptors (Lipinski definition) is 7. The Morgan fingerprint density at radius 2 is 1.97 bits per heavy atom. The highest BCUT2D eigenvalue weighted by atomic mass is 16.5. The fourth-order valence-corrected chi connectivity index (χ4v) is 4.86. The zero-order valence-electron chi connectivity index (χ0n) is 20.0. The van der Waals surface area contributed by atoms with Gasteiger partial charge in [-0.2, -0.15) is 0 Å². The Hall–Kier alpha value is -2.64. The summed E-state index contributed by atoms with van der Waals surface area (Å²) in [7, 11) is 0. The largest absolute Gasteiger partial charge is 0.477 e. The molecule has 2 aromatic heterocycles. The van der Waals surface area contributed by atoms with Crippen LogP contribution in [0.25, 0.3) is 11.0 Å². The molecule has 7 heteroatoms. The SMILES string of the molecule is CC(C)(C)NCc1ccc(OC[C@H]2CC[C@H]3CN(c4noc5ccccc45)CCN3C2)nc1. The molecule has 0 amide bonds. The molecule has 3 aromatic rings. The van der Waals surface area contributed by atoms with Gasteiger partial charge in [-0.3, -0.25) is 4.90 Å². The Balaban J connectivity index is 1.11. The van der Waals surface area contributed by atoms with Crippen molar-refractivity contribution in [1.82, 2.24) is 20.4 Å². The Morgan fingerprint density at radius 1 is 1.09 bits per heavy atom. The van der Waals surface area contributed by atoms with E-state index in [0.29, 0.717) is 12.0 Å². The molecule has 0 aliphatic carbocycles. The van der Waals surface area contributed by atoms with Gasteiger partial charge in [-0.05, 0) is 51.3 Å². The molecule has 0 bridgehead atoms. The third-order valence-electron chi connectivity index (χ3n) is 6.75. The van der Waals surface area contributed by atoms with Crippen LogP contribution in [0.1, 0.15) is 39.2 Å². The highest BCUT2D eigenvalue weighted by molar-refractivity contribution is 5.88. The zero-order chi connectivity index (χ0) is 22.8. The fraction of sp³-hybridized carbons (Fsp3) is 0.538. The molecule has 2 fully saturated rings. The van der Waals surface area contributed by atoms with E-state index in [-0.39, 0.29) is 5.54 Å². The molecule has 176 valence electrons.